The fourth-order valence-corrected chi connectivity index (χ4v) is 4.25. The lowest BCUT2D eigenvalue weighted by molar-refractivity contribution is 0.252. The number of rotatable bonds is 6. The van der Waals surface area contributed by atoms with Crippen molar-refractivity contribution in [3.8, 4) is 44.4 Å². The lowest BCUT2D eigenvalue weighted by Crippen LogP contribution is -2.28. The van der Waals surface area contributed by atoms with E-state index >= 15 is 0 Å². The molecule has 0 unspecified atom stereocenters. The number of pyridine rings is 2. The van der Waals surface area contributed by atoms with E-state index in [9.17, 15) is 9.59 Å². The van der Waals surface area contributed by atoms with E-state index < -0.39 is 5.76 Å². The van der Waals surface area contributed by atoms with Gasteiger partial charge in [-0.2, -0.15) is 5.10 Å². The number of H-pyrrole nitrogens is 1. The van der Waals surface area contributed by atoms with Gasteiger partial charge in [0.15, 0.2) is 0 Å². The van der Waals surface area contributed by atoms with Crippen LogP contribution in [0.5, 0.6) is 0 Å². The van der Waals surface area contributed by atoms with E-state index in [4.69, 9.17) is 9.40 Å². The molecule has 0 aliphatic heterocycles. The lowest BCUT2D eigenvalue weighted by Gasteiger charge is -2.11. The molecule has 0 spiro atoms. The number of hydrogen-bond donors (Lipinski definition) is 3. The predicted molar refractivity (Wildman–Crippen MR) is 130 cm³/mol. The number of carbonyl (C=O) groups is 1. The molecular weight excluding hydrogens is 470 g/mol. The molecule has 12 nitrogen and oxygen atoms in total. The summed E-state index contributed by atoms with van der Waals surface area (Å²) < 4.78 is 6.78. The molecule has 0 saturated heterocycles. The minimum absolute atomic E-state index is 0.126. The Hall–Kier alpha value is -4.65. The molecule has 0 saturated carbocycles. The number of anilines is 1. The zero-order chi connectivity index (χ0) is 24.4. The van der Waals surface area contributed by atoms with Crippen LogP contribution in [0.2, 0.25) is 0 Å². The molecule has 2 amide bonds. The number of aryl methyl sites for hydroxylation is 1. The Bertz CT molecular complexity index is 1570. The first-order valence-electron chi connectivity index (χ1n) is 10.5. The number of hydrogen-bond acceptors (Lipinski definition) is 9. The van der Waals surface area contributed by atoms with Crippen LogP contribution in [0, 0.1) is 0 Å². The summed E-state index contributed by atoms with van der Waals surface area (Å²) in [5.74, 6) is -0.156. The Morgan fingerprint density at radius 3 is 2.74 bits per heavy atom. The summed E-state index contributed by atoms with van der Waals surface area (Å²) in [7, 11) is 1.85. The highest BCUT2D eigenvalue weighted by atomic mass is 32.1. The zero-order valence-corrected chi connectivity index (χ0v) is 19.5. The number of amides is 2. The van der Waals surface area contributed by atoms with Gasteiger partial charge in [0, 0.05) is 66.0 Å². The number of thiazole rings is 1. The topological polar surface area (TPSA) is 157 Å². The standard InChI is InChI=1S/C22H19N9O3S/c1-3-24-21(32)28-18-5-15(20-27-17(11-35-20)14-8-26-31(2)10-14)16(9-25-18)12-4-13(7-23-6-12)19-29-30-22(33)34-19/h4-11H,3H2,1-2H3,(H,30,33)(H2,24,25,28,32). The van der Waals surface area contributed by atoms with E-state index in [1.165, 1.54) is 11.3 Å². The molecule has 0 atom stereocenters. The summed E-state index contributed by atoms with van der Waals surface area (Å²) in [6.45, 7) is 2.32. The lowest BCUT2D eigenvalue weighted by atomic mass is 10.0. The molecule has 0 radical (unpaired) electrons. The van der Waals surface area contributed by atoms with Crippen molar-refractivity contribution in [2.24, 2.45) is 7.05 Å². The average Bonchev–Trinajstić information content (AvgIpc) is 3.60. The van der Waals surface area contributed by atoms with Crippen LogP contribution in [0.1, 0.15) is 6.92 Å². The van der Waals surface area contributed by atoms with Gasteiger partial charge in [0.05, 0.1) is 17.5 Å². The highest BCUT2D eigenvalue weighted by molar-refractivity contribution is 7.13. The van der Waals surface area contributed by atoms with Crippen LogP contribution in [0.4, 0.5) is 10.6 Å². The number of nitrogens with zero attached hydrogens (tertiary/aromatic N) is 6. The maximum atomic E-state index is 12.1. The Balaban J connectivity index is 1.59. The van der Waals surface area contributed by atoms with Gasteiger partial charge < -0.3 is 9.73 Å². The molecular formula is C22H19N9O3S. The van der Waals surface area contributed by atoms with Gasteiger partial charge in [0.2, 0.25) is 0 Å². The number of carbonyl (C=O) groups excluding carboxylic acids is 1. The van der Waals surface area contributed by atoms with E-state index in [2.05, 4.69) is 35.9 Å². The molecule has 13 heteroatoms. The van der Waals surface area contributed by atoms with Crippen molar-refractivity contribution in [1.82, 2.24) is 40.2 Å². The predicted octanol–water partition coefficient (Wildman–Crippen LogP) is 3.15. The van der Waals surface area contributed by atoms with Crippen LogP contribution in [0.15, 0.2) is 57.7 Å². The van der Waals surface area contributed by atoms with Gasteiger partial charge in [-0.15, -0.1) is 16.4 Å². The van der Waals surface area contributed by atoms with Gasteiger partial charge in [-0.3, -0.25) is 15.0 Å². The minimum Gasteiger partial charge on any atom is -0.388 e. The maximum absolute atomic E-state index is 12.1. The fraction of sp³-hybridized carbons (Fsp3) is 0.136. The van der Waals surface area contributed by atoms with Crippen molar-refractivity contribution >= 4 is 23.2 Å². The highest BCUT2D eigenvalue weighted by Gasteiger charge is 2.17. The first kappa shape index (κ1) is 22.2. The Morgan fingerprint density at radius 2 is 2.00 bits per heavy atom. The molecule has 5 heterocycles. The third-order valence-corrected chi connectivity index (χ3v) is 5.83. The van der Waals surface area contributed by atoms with Crippen molar-refractivity contribution in [3.05, 3.63) is 59.0 Å². The van der Waals surface area contributed by atoms with Crippen molar-refractivity contribution in [2.75, 3.05) is 11.9 Å². The first-order chi connectivity index (χ1) is 17.0. The molecule has 3 N–H and O–H groups in total. The minimum atomic E-state index is -0.653. The van der Waals surface area contributed by atoms with E-state index in [1.807, 2.05) is 25.5 Å². The molecule has 0 aromatic carbocycles. The number of nitrogens with one attached hydrogen (secondary N) is 3. The highest BCUT2D eigenvalue weighted by Crippen LogP contribution is 2.37. The Kier molecular flexibility index (Phi) is 5.89. The van der Waals surface area contributed by atoms with Gasteiger partial charge in [-0.1, -0.05) is 0 Å². The van der Waals surface area contributed by atoms with Crippen LogP contribution in [-0.4, -0.2) is 47.5 Å². The van der Waals surface area contributed by atoms with Gasteiger partial charge in [0.25, 0.3) is 5.89 Å². The Labute approximate surface area is 202 Å². The summed E-state index contributed by atoms with van der Waals surface area (Å²) in [6.07, 6.45) is 8.49. The smallest absolute Gasteiger partial charge is 0.388 e. The maximum Gasteiger partial charge on any atom is 0.434 e. The van der Waals surface area contributed by atoms with E-state index in [0.717, 1.165) is 27.4 Å². The summed E-state index contributed by atoms with van der Waals surface area (Å²) in [4.78, 5) is 36.9. The second-order valence-electron chi connectivity index (χ2n) is 7.42. The molecule has 0 bridgehead atoms. The fourth-order valence-electron chi connectivity index (χ4n) is 3.39. The van der Waals surface area contributed by atoms with E-state index in [1.54, 1.807) is 41.6 Å². The van der Waals surface area contributed by atoms with Crippen LogP contribution in [0.25, 0.3) is 44.4 Å². The zero-order valence-electron chi connectivity index (χ0n) is 18.6. The van der Waals surface area contributed by atoms with E-state index in [-0.39, 0.29) is 11.9 Å². The molecule has 0 aliphatic rings. The molecule has 5 aromatic rings. The molecule has 0 aliphatic carbocycles. The van der Waals surface area contributed by atoms with Crippen molar-refractivity contribution in [1.29, 1.82) is 0 Å². The van der Waals surface area contributed by atoms with Crippen LogP contribution in [-0.2, 0) is 7.05 Å². The van der Waals surface area contributed by atoms with Crippen LogP contribution >= 0.6 is 11.3 Å². The molecule has 5 rings (SSSR count). The second kappa shape index (κ2) is 9.30. The number of aromatic amines is 1. The monoisotopic (exact) mass is 489 g/mol. The first-order valence-corrected chi connectivity index (χ1v) is 11.4. The van der Waals surface area contributed by atoms with Crippen molar-refractivity contribution in [3.63, 3.8) is 0 Å². The van der Waals surface area contributed by atoms with Crippen LogP contribution in [0.3, 0.4) is 0 Å². The second-order valence-corrected chi connectivity index (χ2v) is 8.28. The van der Waals surface area contributed by atoms with Gasteiger partial charge in [0.1, 0.15) is 10.8 Å². The van der Waals surface area contributed by atoms with Crippen LogP contribution < -0.4 is 16.4 Å². The summed E-state index contributed by atoms with van der Waals surface area (Å²) >= 11 is 1.46. The van der Waals surface area contributed by atoms with Crippen molar-refractivity contribution in [2.45, 2.75) is 6.92 Å². The summed E-state index contributed by atoms with van der Waals surface area (Å²) in [5.41, 5.74) is 4.37. The van der Waals surface area contributed by atoms with Gasteiger partial charge in [-0.05, 0) is 19.1 Å². The quantitative estimate of drug-likeness (QED) is 0.328. The Morgan fingerprint density at radius 1 is 1.14 bits per heavy atom. The van der Waals surface area contributed by atoms with Crippen molar-refractivity contribution < 1.29 is 9.21 Å². The number of urea groups is 1. The summed E-state index contributed by atoms with van der Waals surface area (Å²) in [6, 6.07) is 3.20. The van der Waals surface area contributed by atoms with E-state index in [0.29, 0.717) is 23.5 Å². The van der Waals surface area contributed by atoms with Gasteiger partial charge >= 0.3 is 11.8 Å². The largest absolute Gasteiger partial charge is 0.434 e. The molecule has 176 valence electrons. The SMILES string of the molecule is CCNC(=O)Nc1cc(-c2nc(-c3cnn(C)c3)cs2)c(-c2cncc(-c3n[nH]c(=O)o3)c2)cn1. The number of aromatic nitrogens is 7. The molecule has 0 fully saturated rings. The average molecular weight is 490 g/mol. The third-order valence-electron chi connectivity index (χ3n) is 4.95. The van der Waals surface area contributed by atoms with Gasteiger partial charge in [-0.25, -0.2) is 24.7 Å². The summed E-state index contributed by atoms with van der Waals surface area (Å²) in [5, 5.41) is 18.4. The molecule has 35 heavy (non-hydrogen) atoms. The molecule has 5 aromatic heterocycles. The third kappa shape index (κ3) is 4.70. The normalized spacial score (nSPS) is 10.9.